The number of carbonyl (C=O) groups is 1. The average molecular weight is 479 g/mol. The molecule has 0 saturated carbocycles. The second kappa shape index (κ2) is 9.44. The molecule has 170 valence electrons. The second-order valence-electron chi connectivity index (χ2n) is 8.04. The van der Waals surface area contributed by atoms with Crippen LogP contribution in [-0.4, -0.2) is 39.7 Å². The number of rotatable bonds is 6. The van der Waals surface area contributed by atoms with Crippen molar-refractivity contribution in [2.45, 2.75) is 39.7 Å². The second-order valence-corrected chi connectivity index (χ2v) is 10.00. The first-order valence-corrected chi connectivity index (χ1v) is 12.9. The van der Waals surface area contributed by atoms with Gasteiger partial charge in [-0.05, 0) is 62.8 Å². The Morgan fingerprint density at radius 2 is 2.06 bits per heavy atom. The van der Waals surface area contributed by atoms with E-state index in [0.29, 0.717) is 5.56 Å². The molecule has 0 bridgehead atoms. The molecule has 1 aliphatic rings. The Kier molecular flexibility index (Phi) is 6.24. The summed E-state index contributed by atoms with van der Waals surface area (Å²) in [6.45, 7) is 7.00. The Morgan fingerprint density at radius 1 is 1.21 bits per heavy atom. The van der Waals surface area contributed by atoms with E-state index in [0.717, 1.165) is 57.1 Å². The number of imidazole rings is 1. The lowest BCUT2D eigenvalue weighted by atomic mass is 10.1. The van der Waals surface area contributed by atoms with E-state index in [-0.39, 0.29) is 5.91 Å². The fourth-order valence-corrected chi connectivity index (χ4v) is 6.02. The SMILES string of the molecule is CCn1c(C)nc2cc(C(=O)N/N=C/c3sc(N4CCCCC4)nc3-c3cccs3)ccc21. The molecule has 1 saturated heterocycles. The van der Waals surface area contributed by atoms with Crippen LogP contribution in [0.5, 0.6) is 0 Å². The molecule has 0 radical (unpaired) electrons. The van der Waals surface area contributed by atoms with Gasteiger partial charge in [-0.25, -0.2) is 15.4 Å². The van der Waals surface area contributed by atoms with Gasteiger partial charge in [0.05, 0.1) is 27.0 Å². The Labute approximate surface area is 200 Å². The van der Waals surface area contributed by atoms with Gasteiger partial charge in [-0.3, -0.25) is 4.79 Å². The fourth-order valence-electron chi connectivity index (χ4n) is 4.22. The number of nitrogens with zero attached hydrogens (tertiary/aromatic N) is 5. The van der Waals surface area contributed by atoms with Crippen molar-refractivity contribution >= 4 is 51.0 Å². The zero-order chi connectivity index (χ0) is 22.8. The highest BCUT2D eigenvalue weighted by atomic mass is 32.1. The molecule has 0 aliphatic carbocycles. The number of nitrogens with one attached hydrogen (secondary N) is 1. The first kappa shape index (κ1) is 21.8. The van der Waals surface area contributed by atoms with Gasteiger partial charge in [-0.15, -0.1) is 11.3 Å². The van der Waals surface area contributed by atoms with E-state index >= 15 is 0 Å². The minimum atomic E-state index is -0.254. The maximum atomic E-state index is 12.7. The molecule has 1 N–H and O–H groups in total. The Hall–Kier alpha value is -3.04. The third kappa shape index (κ3) is 4.43. The molecule has 0 atom stereocenters. The van der Waals surface area contributed by atoms with Crippen molar-refractivity contribution < 1.29 is 4.79 Å². The van der Waals surface area contributed by atoms with Crippen molar-refractivity contribution in [2.75, 3.05) is 18.0 Å². The summed E-state index contributed by atoms with van der Waals surface area (Å²) >= 11 is 3.29. The number of thiophene rings is 1. The predicted octanol–water partition coefficient (Wildman–Crippen LogP) is 5.30. The van der Waals surface area contributed by atoms with E-state index in [4.69, 9.17) is 4.98 Å². The lowest BCUT2D eigenvalue weighted by molar-refractivity contribution is 0.0955. The number of hydrazone groups is 1. The summed E-state index contributed by atoms with van der Waals surface area (Å²) in [6, 6.07) is 9.68. The number of piperidine rings is 1. The number of thiazole rings is 1. The van der Waals surface area contributed by atoms with Crippen molar-refractivity contribution in [3.63, 3.8) is 0 Å². The maximum absolute atomic E-state index is 12.7. The molecule has 0 unspecified atom stereocenters. The normalized spacial score (nSPS) is 14.4. The van der Waals surface area contributed by atoms with Crippen molar-refractivity contribution in [1.82, 2.24) is 20.0 Å². The van der Waals surface area contributed by atoms with Crippen molar-refractivity contribution in [3.05, 3.63) is 52.0 Å². The van der Waals surface area contributed by atoms with Crippen LogP contribution in [0.2, 0.25) is 0 Å². The van der Waals surface area contributed by atoms with Crippen molar-refractivity contribution in [2.24, 2.45) is 5.10 Å². The molecule has 33 heavy (non-hydrogen) atoms. The molecule has 3 aromatic heterocycles. The van der Waals surface area contributed by atoms with E-state index in [1.54, 1.807) is 28.9 Å². The van der Waals surface area contributed by atoms with Crippen LogP contribution in [0.15, 0.2) is 40.8 Å². The summed E-state index contributed by atoms with van der Waals surface area (Å²) in [5.74, 6) is 0.689. The Bertz CT molecular complexity index is 1300. The molecular weight excluding hydrogens is 452 g/mol. The van der Waals surface area contributed by atoms with Gasteiger partial charge in [0.25, 0.3) is 5.91 Å². The molecule has 1 fully saturated rings. The number of benzene rings is 1. The molecule has 7 nitrogen and oxygen atoms in total. The van der Waals surface area contributed by atoms with Crippen LogP contribution in [0.3, 0.4) is 0 Å². The van der Waals surface area contributed by atoms with E-state index < -0.39 is 0 Å². The number of fused-ring (bicyclic) bond motifs is 1. The van der Waals surface area contributed by atoms with Gasteiger partial charge in [0.1, 0.15) is 11.5 Å². The molecule has 9 heteroatoms. The van der Waals surface area contributed by atoms with Crippen LogP contribution in [0.4, 0.5) is 5.13 Å². The zero-order valence-corrected chi connectivity index (χ0v) is 20.4. The van der Waals surface area contributed by atoms with Crippen LogP contribution in [0.25, 0.3) is 21.6 Å². The van der Waals surface area contributed by atoms with Crippen LogP contribution < -0.4 is 10.3 Å². The summed E-state index contributed by atoms with van der Waals surface area (Å²) in [7, 11) is 0. The van der Waals surface area contributed by atoms with Crippen molar-refractivity contribution in [3.8, 4) is 10.6 Å². The summed E-state index contributed by atoms with van der Waals surface area (Å²) in [4.78, 5) is 26.6. The number of hydrogen-bond acceptors (Lipinski definition) is 7. The summed E-state index contributed by atoms with van der Waals surface area (Å²) in [5, 5.41) is 7.35. The number of aromatic nitrogens is 3. The lowest BCUT2D eigenvalue weighted by Crippen LogP contribution is -2.29. The third-order valence-electron chi connectivity index (χ3n) is 5.89. The lowest BCUT2D eigenvalue weighted by Gasteiger charge is -2.25. The highest BCUT2D eigenvalue weighted by Gasteiger charge is 2.19. The van der Waals surface area contributed by atoms with Gasteiger partial charge >= 0.3 is 0 Å². The first-order chi connectivity index (χ1) is 16.1. The van der Waals surface area contributed by atoms with Gasteiger partial charge in [0.2, 0.25) is 0 Å². The number of anilines is 1. The fraction of sp³-hybridized carbons (Fsp3) is 0.333. The van der Waals surface area contributed by atoms with Crippen LogP contribution in [0, 0.1) is 6.92 Å². The minimum absolute atomic E-state index is 0.254. The Morgan fingerprint density at radius 3 is 2.82 bits per heavy atom. The number of carbonyl (C=O) groups excluding carboxylic acids is 1. The van der Waals surface area contributed by atoms with Crippen LogP contribution in [-0.2, 0) is 6.54 Å². The summed E-state index contributed by atoms with van der Waals surface area (Å²) in [5.41, 5.74) is 5.99. The molecule has 1 aromatic carbocycles. The highest BCUT2D eigenvalue weighted by Crippen LogP contribution is 2.35. The minimum Gasteiger partial charge on any atom is -0.348 e. The highest BCUT2D eigenvalue weighted by molar-refractivity contribution is 7.18. The molecule has 1 aliphatic heterocycles. The van der Waals surface area contributed by atoms with Gasteiger partial charge in [0, 0.05) is 25.2 Å². The number of amides is 1. The van der Waals surface area contributed by atoms with Gasteiger partial charge in [0.15, 0.2) is 5.13 Å². The predicted molar refractivity (Wildman–Crippen MR) is 137 cm³/mol. The number of aryl methyl sites for hydroxylation is 2. The van der Waals surface area contributed by atoms with Gasteiger partial charge in [-0.2, -0.15) is 5.10 Å². The van der Waals surface area contributed by atoms with Crippen LogP contribution >= 0.6 is 22.7 Å². The van der Waals surface area contributed by atoms with Gasteiger partial charge in [-0.1, -0.05) is 17.4 Å². The average Bonchev–Trinajstić information content (AvgIpc) is 3.57. The summed E-state index contributed by atoms with van der Waals surface area (Å²) < 4.78 is 2.13. The number of hydrogen-bond donors (Lipinski definition) is 1. The molecular formula is C24H26N6OS2. The largest absolute Gasteiger partial charge is 0.348 e. The first-order valence-electron chi connectivity index (χ1n) is 11.2. The van der Waals surface area contributed by atoms with E-state index in [2.05, 4.69) is 43.3 Å². The Balaban J connectivity index is 1.36. The molecule has 4 aromatic rings. The van der Waals surface area contributed by atoms with E-state index in [1.807, 2.05) is 31.2 Å². The molecule has 0 spiro atoms. The smallest absolute Gasteiger partial charge is 0.271 e. The van der Waals surface area contributed by atoms with E-state index in [9.17, 15) is 4.79 Å². The molecule has 5 rings (SSSR count). The topological polar surface area (TPSA) is 75.4 Å². The standard InChI is InChI=1S/C24H26N6OS2/c1-3-30-16(2)26-18-14-17(9-10-19(18)30)23(31)28-25-15-21-22(20-8-7-13-32-20)27-24(33-21)29-11-5-4-6-12-29/h7-10,13-15H,3-6,11-12H2,1-2H3,(H,28,31)/b25-15+. The van der Waals surface area contributed by atoms with Crippen molar-refractivity contribution in [1.29, 1.82) is 0 Å². The monoisotopic (exact) mass is 478 g/mol. The quantitative estimate of drug-likeness (QED) is 0.301. The van der Waals surface area contributed by atoms with Crippen LogP contribution in [0.1, 0.15) is 47.2 Å². The van der Waals surface area contributed by atoms with Gasteiger partial charge < -0.3 is 9.47 Å². The maximum Gasteiger partial charge on any atom is 0.271 e. The molecule has 4 heterocycles. The van der Waals surface area contributed by atoms with E-state index in [1.165, 1.54) is 19.3 Å². The zero-order valence-electron chi connectivity index (χ0n) is 18.7. The molecule has 1 amide bonds. The summed E-state index contributed by atoms with van der Waals surface area (Å²) in [6.07, 6.45) is 5.40. The third-order valence-corrected chi connectivity index (χ3v) is 7.82.